The van der Waals surface area contributed by atoms with E-state index in [0.717, 1.165) is 29.7 Å². The molecule has 0 aliphatic heterocycles. The third-order valence-electron chi connectivity index (χ3n) is 2.72. The first-order chi connectivity index (χ1) is 8.67. The molecule has 100 valence electrons. The number of aliphatic carboxylic acids is 1. The molecule has 0 heterocycles. The number of carboxylic acid groups (broad SMARTS) is 1. The molecule has 1 aromatic rings. The van der Waals surface area contributed by atoms with Gasteiger partial charge in [-0.3, -0.25) is 4.79 Å². The van der Waals surface area contributed by atoms with Crippen LogP contribution in [0.4, 0.5) is 0 Å². The molecule has 0 aliphatic rings. The molecule has 0 aliphatic carbocycles. The number of carbonyl (C=O) groups is 1. The number of methoxy groups -OCH3 is 1. The number of hydrogen-bond donors (Lipinski definition) is 1. The first kappa shape index (κ1) is 15.1. The van der Waals surface area contributed by atoms with E-state index in [1.54, 1.807) is 7.11 Å². The number of hydrogen-bond acceptors (Lipinski definition) is 3. The molecule has 0 saturated heterocycles. The van der Waals surface area contributed by atoms with Gasteiger partial charge in [-0.05, 0) is 24.1 Å². The smallest absolute Gasteiger partial charge is 0.313 e. The van der Waals surface area contributed by atoms with E-state index in [2.05, 4.69) is 6.92 Å². The van der Waals surface area contributed by atoms with Crippen LogP contribution in [-0.4, -0.2) is 23.9 Å². The number of rotatable bonds is 8. The largest absolute Gasteiger partial charge is 0.481 e. The summed E-state index contributed by atoms with van der Waals surface area (Å²) >= 11 is 1.33. The minimum Gasteiger partial charge on any atom is -0.481 e. The van der Waals surface area contributed by atoms with Gasteiger partial charge in [0.25, 0.3) is 0 Å². The standard InChI is InChI=1S/C14H20O3S/c1-3-4-5-13(17-2)11-6-8-12(9-7-11)18-10-14(15)16/h6-9,13H,3-5,10H2,1-2H3,(H,15,16)/t13-/m0/s1. The maximum absolute atomic E-state index is 10.5. The summed E-state index contributed by atoms with van der Waals surface area (Å²) in [5, 5.41) is 8.61. The second-order valence-corrected chi connectivity index (χ2v) is 5.17. The first-order valence-electron chi connectivity index (χ1n) is 6.14. The van der Waals surface area contributed by atoms with Crippen LogP contribution < -0.4 is 0 Å². The van der Waals surface area contributed by atoms with Crippen molar-refractivity contribution in [2.75, 3.05) is 12.9 Å². The van der Waals surface area contributed by atoms with Gasteiger partial charge in [0, 0.05) is 12.0 Å². The topological polar surface area (TPSA) is 46.5 Å². The summed E-state index contributed by atoms with van der Waals surface area (Å²) in [5.74, 6) is -0.690. The van der Waals surface area contributed by atoms with E-state index in [4.69, 9.17) is 9.84 Å². The summed E-state index contributed by atoms with van der Waals surface area (Å²) < 4.78 is 5.48. The van der Waals surface area contributed by atoms with Gasteiger partial charge in [-0.2, -0.15) is 0 Å². The van der Waals surface area contributed by atoms with Crippen molar-refractivity contribution < 1.29 is 14.6 Å². The van der Waals surface area contributed by atoms with Gasteiger partial charge in [0.1, 0.15) is 0 Å². The van der Waals surface area contributed by atoms with Gasteiger partial charge in [0.2, 0.25) is 0 Å². The van der Waals surface area contributed by atoms with Gasteiger partial charge < -0.3 is 9.84 Å². The molecular weight excluding hydrogens is 248 g/mol. The third-order valence-corrected chi connectivity index (χ3v) is 3.72. The second kappa shape index (κ2) is 8.16. The Hall–Kier alpha value is -1.00. The van der Waals surface area contributed by atoms with Crippen LogP contribution >= 0.6 is 11.8 Å². The zero-order valence-electron chi connectivity index (χ0n) is 10.9. The molecule has 0 aromatic heterocycles. The van der Waals surface area contributed by atoms with Gasteiger partial charge in [-0.15, -0.1) is 11.8 Å². The monoisotopic (exact) mass is 268 g/mol. The van der Waals surface area contributed by atoms with Crippen LogP contribution in [0.3, 0.4) is 0 Å². The molecule has 0 fully saturated rings. The van der Waals surface area contributed by atoms with Crippen molar-refractivity contribution in [3.8, 4) is 0 Å². The number of benzene rings is 1. The molecule has 0 amide bonds. The van der Waals surface area contributed by atoms with E-state index < -0.39 is 5.97 Å². The molecule has 1 atom stereocenters. The zero-order valence-corrected chi connectivity index (χ0v) is 11.7. The molecule has 18 heavy (non-hydrogen) atoms. The Morgan fingerprint density at radius 2 is 2.06 bits per heavy atom. The Morgan fingerprint density at radius 3 is 2.56 bits per heavy atom. The molecule has 1 aromatic carbocycles. The fourth-order valence-electron chi connectivity index (χ4n) is 1.73. The van der Waals surface area contributed by atoms with Crippen molar-refractivity contribution in [1.29, 1.82) is 0 Å². The van der Waals surface area contributed by atoms with Crippen LogP contribution in [0.5, 0.6) is 0 Å². The van der Waals surface area contributed by atoms with E-state index >= 15 is 0 Å². The molecular formula is C14H20O3S. The third kappa shape index (κ3) is 5.10. The van der Waals surface area contributed by atoms with Gasteiger partial charge in [0.15, 0.2) is 0 Å². The Morgan fingerprint density at radius 1 is 1.39 bits per heavy atom. The molecule has 1 rings (SSSR count). The fourth-order valence-corrected chi connectivity index (χ4v) is 2.35. The minimum atomic E-state index is -0.790. The normalized spacial score (nSPS) is 12.3. The van der Waals surface area contributed by atoms with Gasteiger partial charge >= 0.3 is 5.97 Å². The summed E-state index contributed by atoms with van der Waals surface area (Å²) in [6.07, 6.45) is 3.47. The highest BCUT2D eigenvalue weighted by Gasteiger charge is 2.09. The summed E-state index contributed by atoms with van der Waals surface area (Å²) in [6, 6.07) is 7.96. The van der Waals surface area contributed by atoms with Crippen LogP contribution in [0.1, 0.15) is 37.9 Å². The van der Waals surface area contributed by atoms with Crippen molar-refractivity contribution in [3.63, 3.8) is 0 Å². The van der Waals surface area contributed by atoms with Crippen molar-refractivity contribution in [2.45, 2.75) is 37.2 Å². The highest BCUT2D eigenvalue weighted by Crippen LogP contribution is 2.25. The summed E-state index contributed by atoms with van der Waals surface area (Å²) in [7, 11) is 1.73. The van der Waals surface area contributed by atoms with Crippen molar-refractivity contribution in [3.05, 3.63) is 29.8 Å². The summed E-state index contributed by atoms with van der Waals surface area (Å²) in [4.78, 5) is 11.4. The van der Waals surface area contributed by atoms with E-state index in [0.29, 0.717) is 0 Å². The second-order valence-electron chi connectivity index (χ2n) is 4.12. The Labute approximate surface area is 113 Å². The van der Waals surface area contributed by atoms with Crippen LogP contribution in [0, 0.1) is 0 Å². The average molecular weight is 268 g/mol. The quantitative estimate of drug-likeness (QED) is 0.730. The molecule has 0 saturated carbocycles. The predicted molar refractivity (Wildman–Crippen MR) is 74.1 cm³/mol. The molecule has 0 spiro atoms. The lowest BCUT2D eigenvalue weighted by molar-refractivity contribution is -0.133. The van der Waals surface area contributed by atoms with Crippen LogP contribution in [0.2, 0.25) is 0 Å². The molecule has 0 bridgehead atoms. The van der Waals surface area contributed by atoms with Crippen molar-refractivity contribution >= 4 is 17.7 Å². The van der Waals surface area contributed by atoms with Gasteiger partial charge in [-0.25, -0.2) is 0 Å². The van der Waals surface area contributed by atoms with Crippen molar-refractivity contribution in [2.24, 2.45) is 0 Å². The zero-order chi connectivity index (χ0) is 13.4. The van der Waals surface area contributed by atoms with Crippen LogP contribution in [0.15, 0.2) is 29.2 Å². The van der Waals surface area contributed by atoms with Crippen molar-refractivity contribution in [1.82, 2.24) is 0 Å². The lowest BCUT2D eigenvalue weighted by Crippen LogP contribution is -2.01. The number of unbranched alkanes of at least 4 members (excludes halogenated alkanes) is 1. The SMILES string of the molecule is CCCC[C@H](OC)c1ccc(SCC(=O)O)cc1. The number of carboxylic acids is 1. The van der Waals surface area contributed by atoms with E-state index in [-0.39, 0.29) is 11.9 Å². The lowest BCUT2D eigenvalue weighted by atomic mass is 10.0. The number of ether oxygens (including phenoxy) is 1. The van der Waals surface area contributed by atoms with Gasteiger partial charge in [0.05, 0.1) is 11.9 Å². The Kier molecular flexibility index (Phi) is 6.83. The lowest BCUT2D eigenvalue weighted by Gasteiger charge is -2.15. The van der Waals surface area contributed by atoms with Crippen LogP contribution in [0.25, 0.3) is 0 Å². The predicted octanol–water partition coefficient (Wildman–Crippen LogP) is 3.74. The molecule has 1 N–H and O–H groups in total. The molecule has 4 heteroatoms. The van der Waals surface area contributed by atoms with E-state index in [1.807, 2.05) is 24.3 Å². The summed E-state index contributed by atoms with van der Waals surface area (Å²) in [6.45, 7) is 2.17. The minimum absolute atomic E-state index is 0.100. The van der Waals surface area contributed by atoms with E-state index in [1.165, 1.54) is 11.8 Å². The van der Waals surface area contributed by atoms with E-state index in [9.17, 15) is 4.79 Å². The van der Waals surface area contributed by atoms with Gasteiger partial charge in [-0.1, -0.05) is 31.9 Å². The molecule has 0 radical (unpaired) electrons. The number of thioether (sulfide) groups is 1. The fraction of sp³-hybridized carbons (Fsp3) is 0.500. The maximum atomic E-state index is 10.5. The Bertz CT molecular complexity index is 362. The highest BCUT2D eigenvalue weighted by molar-refractivity contribution is 8.00. The maximum Gasteiger partial charge on any atom is 0.313 e. The Balaban J connectivity index is 2.59. The average Bonchev–Trinajstić information content (AvgIpc) is 2.38. The molecule has 3 nitrogen and oxygen atoms in total. The van der Waals surface area contributed by atoms with Crippen LogP contribution in [-0.2, 0) is 9.53 Å². The first-order valence-corrected chi connectivity index (χ1v) is 7.13. The molecule has 0 unspecified atom stereocenters. The summed E-state index contributed by atoms with van der Waals surface area (Å²) in [5.41, 5.74) is 1.16. The highest BCUT2D eigenvalue weighted by atomic mass is 32.2.